The average Bonchev–Trinajstić information content (AvgIpc) is 2.59. The largest absolute Gasteiger partial charge is 0.354 e. The highest BCUT2D eigenvalue weighted by Gasteiger charge is 2.05. The minimum absolute atomic E-state index is 0.656. The number of aromatic nitrogens is 2. The molecule has 2 aromatic carbocycles. The Morgan fingerprint density at radius 1 is 0.880 bits per heavy atom. The quantitative estimate of drug-likeness (QED) is 0.681. The highest BCUT2D eigenvalue weighted by Crippen LogP contribution is 2.21. The lowest BCUT2D eigenvalue weighted by molar-refractivity contribution is 0.976. The average molecular weight is 332 g/mol. The molecule has 0 atom stereocenters. The number of rotatable bonds is 6. The van der Waals surface area contributed by atoms with Crippen molar-refractivity contribution in [1.29, 1.82) is 0 Å². The zero-order valence-electron chi connectivity index (χ0n) is 15.0. The molecule has 4 nitrogen and oxygen atoms in total. The summed E-state index contributed by atoms with van der Waals surface area (Å²) in [7, 11) is 0. The van der Waals surface area contributed by atoms with Gasteiger partial charge in [0.25, 0.3) is 0 Å². The van der Waals surface area contributed by atoms with E-state index in [0.717, 1.165) is 30.2 Å². The number of hydrogen-bond acceptors (Lipinski definition) is 4. The van der Waals surface area contributed by atoms with Gasteiger partial charge in [0, 0.05) is 24.0 Å². The van der Waals surface area contributed by atoms with E-state index in [1.807, 2.05) is 19.1 Å². The van der Waals surface area contributed by atoms with Gasteiger partial charge in [-0.25, -0.2) is 4.98 Å². The minimum atomic E-state index is 0.656. The second-order valence-corrected chi connectivity index (χ2v) is 6.32. The van der Waals surface area contributed by atoms with Crippen LogP contribution in [0.3, 0.4) is 0 Å². The van der Waals surface area contributed by atoms with E-state index in [-0.39, 0.29) is 0 Å². The van der Waals surface area contributed by atoms with E-state index in [1.165, 1.54) is 16.7 Å². The molecule has 0 aliphatic carbocycles. The van der Waals surface area contributed by atoms with Crippen LogP contribution in [-0.4, -0.2) is 16.5 Å². The standard InChI is InChI=1S/C21H24N4/c1-15-9-10-16(2)19(13-15)24-20-14-17(3)23-21(25-20)22-12-11-18-7-5-4-6-8-18/h4-10,13-14H,11-12H2,1-3H3,(H2,22,23,24,25). The highest BCUT2D eigenvalue weighted by atomic mass is 15.1. The zero-order valence-corrected chi connectivity index (χ0v) is 15.0. The van der Waals surface area contributed by atoms with Crippen LogP contribution in [0.15, 0.2) is 54.6 Å². The molecule has 0 bridgehead atoms. The van der Waals surface area contributed by atoms with Gasteiger partial charge in [0.15, 0.2) is 0 Å². The predicted octanol–water partition coefficient (Wildman–Crippen LogP) is 4.80. The molecule has 128 valence electrons. The molecule has 3 aromatic rings. The summed E-state index contributed by atoms with van der Waals surface area (Å²) in [6.45, 7) is 6.97. The van der Waals surface area contributed by atoms with E-state index < -0.39 is 0 Å². The second kappa shape index (κ2) is 7.79. The number of benzene rings is 2. The molecule has 3 rings (SSSR count). The maximum Gasteiger partial charge on any atom is 0.224 e. The summed E-state index contributed by atoms with van der Waals surface area (Å²) in [5.41, 5.74) is 5.73. The van der Waals surface area contributed by atoms with Gasteiger partial charge in [-0.05, 0) is 49.9 Å². The van der Waals surface area contributed by atoms with Crippen molar-refractivity contribution in [3.8, 4) is 0 Å². The summed E-state index contributed by atoms with van der Waals surface area (Å²) in [5.74, 6) is 1.46. The molecule has 0 aliphatic heterocycles. The lowest BCUT2D eigenvalue weighted by atomic mass is 10.1. The minimum Gasteiger partial charge on any atom is -0.354 e. The van der Waals surface area contributed by atoms with Crippen LogP contribution in [-0.2, 0) is 6.42 Å². The van der Waals surface area contributed by atoms with Gasteiger partial charge in [0.05, 0.1) is 0 Å². The van der Waals surface area contributed by atoms with Crippen LogP contribution in [0.5, 0.6) is 0 Å². The number of aryl methyl sites for hydroxylation is 3. The SMILES string of the molecule is Cc1ccc(C)c(Nc2cc(C)nc(NCCc3ccccc3)n2)c1. The normalized spacial score (nSPS) is 10.5. The van der Waals surface area contributed by atoms with Gasteiger partial charge in [-0.3, -0.25) is 0 Å². The summed E-state index contributed by atoms with van der Waals surface area (Å²) in [5, 5.41) is 6.74. The first-order valence-electron chi connectivity index (χ1n) is 8.58. The molecule has 0 unspecified atom stereocenters. The Kier molecular flexibility index (Phi) is 5.29. The van der Waals surface area contributed by atoms with Crippen molar-refractivity contribution < 1.29 is 0 Å². The fourth-order valence-corrected chi connectivity index (χ4v) is 2.68. The van der Waals surface area contributed by atoms with Gasteiger partial charge in [0.1, 0.15) is 5.82 Å². The van der Waals surface area contributed by atoms with E-state index >= 15 is 0 Å². The van der Waals surface area contributed by atoms with Gasteiger partial charge in [-0.1, -0.05) is 42.5 Å². The summed E-state index contributed by atoms with van der Waals surface area (Å²) in [6.07, 6.45) is 0.942. The van der Waals surface area contributed by atoms with Crippen molar-refractivity contribution in [3.05, 3.63) is 77.0 Å². The van der Waals surface area contributed by atoms with Crippen LogP contribution in [0, 0.1) is 20.8 Å². The molecule has 0 saturated carbocycles. The Balaban J connectivity index is 1.68. The fraction of sp³-hybridized carbons (Fsp3) is 0.238. The Morgan fingerprint density at radius 2 is 1.68 bits per heavy atom. The number of nitrogens with one attached hydrogen (secondary N) is 2. The van der Waals surface area contributed by atoms with Crippen molar-refractivity contribution in [1.82, 2.24) is 9.97 Å². The van der Waals surface area contributed by atoms with Crippen LogP contribution < -0.4 is 10.6 Å². The van der Waals surface area contributed by atoms with Crippen molar-refractivity contribution in [2.45, 2.75) is 27.2 Å². The second-order valence-electron chi connectivity index (χ2n) is 6.32. The zero-order chi connectivity index (χ0) is 17.6. The van der Waals surface area contributed by atoms with Crippen LogP contribution in [0.4, 0.5) is 17.5 Å². The fourth-order valence-electron chi connectivity index (χ4n) is 2.68. The highest BCUT2D eigenvalue weighted by molar-refractivity contribution is 5.62. The van der Waals surface area contributed by atoms with Gasteiger partial charge in [-0.2, -0.15) is 4.98 Å². The van der Waals surface area contributed by atoms with Crippen LogP contribution in [0.2, 0.25) is 0 Å². The molecule has 0 saturated heterocycles. The van der Waals surface area contributed by atoms with Gasteiger partial charge < -0.3 is 10.6 Å². The topological polar surface area (TPSA) is 49.8 Å². The van der Waals surface area contributed by atoms with E-state index in [0.29, 0.717) is 5.95 Å². The summed E-state index contributed by atoms with van der Waals surface area (Å²) >= 11 is 0. The molecule has 25 heavy (non-hydrogen) atoms. The van der Waals surface area contributed by atoms with Crippen LogP contribution >= 0.6 is 0 Å². The third-order valence-electron chi connectivity index (χ3n) is 4.05. The van der Waals surface area contributed by atoms with Gasteiger partial charge in [-0.15, -0.1) is 0 Å². The molecule has 0 amide bonds. The maximum atomic E-state index is 4.60. The van der Waals surface area contributed by atoms with Crippen molar-refractivity contribution in [2.24, 2.45) is 0 Å². The first-order valence-corrected chi connectivity index (χ1v) is 8.58. The molecule has 1 aromatic heterocycles. The molecular formula is C21H24N4. The Hall–Kier alpha value is -2.88. The molecule has 1 heterocycles. The molecule has 2 N–H and O–H groups in total. The summed E-state index contributed by atoms with van der Waals surface area (Å²) < 4.78 is 0. The Bertz CT molecular complexity index is 844. The van der Waals surface area contributed by atoms with Gasteiger partial charge in [0.2, 0.25) is 5.95 Å². The van der Waals surface area contributed by atoms with Crippen molar-refractivity contribution in [2.75, 3.05) is 17.2 Å². The first kappa shape index (κ1) is 17.0. The smallest absolute Gasteiger partial charge is 0.224 e. The third kappa shape index (κ3) is 4.80. The molecule has 0 fully saturated rings. The Labute approximate surface area is 149 Å². The molecule has 0 radical (unpaired) electrons. The van der Waals surface area contributed by atoms with E-state index in [1.54, 1.807) is 0 Å². The molecule has 0 spiro atoms. The lowest BCUT2D eigenvalue weighted by Gasteiger charge is -2.12. The summed E-state index contributed by atoms with van der Waals surface area (Å²) in [4.78, 5) is 9.08. The van der Waals surface area contributed by atoms with Crippen molar-refractivity contribution >= 4 is 17.5 Å². The van der Waals surface area contributed by atoms with Gasteiger partial charge >= 0.3 is 0 Å². The lowest BCUT2D eigenvalue weighted by Crippen LogP contribution is -2.09. The number of nitrogens with zero attached hydrogens (tertiary/aromatic N) is 2. The molecular weight excluding hydrogens is 308 g/mol. The first-order chi connectivity index (χ1) is 12.1. The monoisotopic (exact) mass is 332 g/mol. The maximum absolute atomic E-state index is 4.60. The number of anilines is 3. The molecule has 0 aliphatic rings. The third-order valence-corrected chi connectivity index (χ3v) is 4.05. The van der Waals surface area contributed by atoms with Crippen LogP contribution in [0.25, 0.3) is 0 Å². The van der Waals surface area contributed by atoms with Crippen molar-refractivity contribution in [3.63, 3.8) is 0 Å². The Morgan fingerprint density at radius 3 is 2.48 bits per heavy atom. The van der Waals surface area contributed by atoms with E-state index in [9.17, 15) is 0 Å². The van der Waals surface area contributed by atoms with E-state index in [4.69, 9.17) is 0 Å². The molecule has 4 heteroatoms. The number of hydrogen-bond donors (Lipinski definition) is 2. The summed E-state index contributed by atoms with van der Waals surface area (Å²) in [6, 6.07) is 18.7. The van der Waals surface area contributed by atoms with Crippen LogP contribution in [0.1, 0.15) is 22.4 Å². The van der Waals surface area contributed by atoms with E-state index in [2.05, 4.69) is 76.9 Å². The predicted molar refractivity (Wildman–Crippen MR) is 105 cm³/mol.